The van der Waals surface area contributed by atoms with Gasteiger partial charge in [-0.3, -0.25) is 9.35 Å². The van der Waals surface area contributed by atoms with Crippen LogP contribution < -0.4 is 15.5 Å². The lowest BCUT2D eigenvalue weighted by atomic mass is 9.94. The molecule has 0 amide bonds. The Morgan fingerprint density at radius 2 is 1.62 bits per heavy atom. The Morgan fingerprint density at radius 1 is 0.938 bits per heavy atom. The smallest absolute Gasteiger partial charge is 0.303 e. The van der Waals surface area contributed by atoms with Gasteiger partial charge in [-0.2, -0.15) is 13.9 Å². The molecule has 0 aliphatic heterocycles. The summed E-state index contributed by atoms with van der Waals surface area (Å²) in [6, 6.07) is 24.7. The maximum atomic E-state index is 14.4. The minimum Gasteiger partial charge on any atom is -0.489 e. The highest BCUT2D eigenvalue weighted by Gasteiger charge is 2.12. The van der Waals surface area contributed by atoms with E-state index in [0.29, 0.717) is 24.4 Å². The van der Waals surface area contributed by atoms with Gasteiger partial charge in [0.1, 0.15) is 23.9 Å². The number of benzene rings is 4. The predicted octanol–water partition coefficient (Wildman–Crippen LogP) is 7.89. The van der Waals surface area contributed by atoms with Crippen LogP contribution >= 0.6 is 0 Å². The van der Waals surface area contributed by atoms with Crippen molar-refractivity contribution in [3.8, 4) is 16.9 Å². The van der Waals surface area contributed by atoms with Crippen molar-refractivity contribution in [2.24, 2.45) is 0 Å². The third-order valence-electron chi connectivity index (χ3n) is 7.51. The monoisotopic (exact) mass is 678 g/mol. The first-order valence-electron chi connectivity index (χ1n) is 15.4. The Balaban J connectivity index is 0.000000533. The van der Waals surface area contributed by atoms with Crippen molar-refractivity contribution >= 4 is 21.8 Å². The van der Waals surface area contributed by atoms with Crippen LogP contribution in [0.3, 0.4) is 0 Å². The Hall–Kier alpha value is -4.71. The second-order valence-corrected chi connectivity index (χ2v) is 12.5. The third-order valence-corrected chi connectivity index (χ3v) is 8.38. The van der Waals surface area contributed by atoms with Gasteiger partial charge in [0.2, 0.25) is 0 Å². The van der Waals surface area contributed by atoms with Crippen molar-refractivity contribution < 1.29 is 36.8 Å². The maximum absolute atomic E-state index is 14.4. The predicted molar refractivity (Wildman–Crippen MR) is 186 cm³/mol. The summed E-state index contributed by atoms with van der Waals surface area (Å²) in [4.78, 5) is 16.1. The van der Waals surface area contributed by atoms with E-state index in [1.54, 1.807) is 37.4 Å². The third kappa shape index (κ3) is 11.5. The summed E-state index contributed by atoms with van der Waals surface area (Å²) in [5, 5.41) is 12.1. The fraction of sp³-hybridized carbons (Fsp3) is 0.270. The lowest BCUT2D eigenvalue weighted by molar-refractivity contribution is -0.136. The number of allylic oxidation sites excluding steroid dienone is 1. The van der Waals surface area contributed by atoms with E-state index in [9.17, 15) is 17.6 Å². The number of anilines is 1. The minimum absolute atomic E-state index is 0.0741. The lowest BCUT2D eigenvalue weighted by Gasteiger charge is -2.16. The summed E-state index contributed by atoms with van der Waals surface area (Å²) in [5.74, 6) is 0.304. The molecule has 0 aromatic heterocycles. The van der Waals surface area contributed by atoms with E-state index >= 15 is 0 Å². The van der Waals surface area contributed by atoms with Crippen LogP contribution in [-0.2, 0) is 32.7 Å². The number of hydroxylamine groups is 1. The van der Waals surface area contributed by atoms with Crippen LogP contribution in [0.25, 0.3) is 11.1 Å². The van der Waals surface area contributed by atoms with Crippen molar-refractivity contribution in [1.29, 1.82) is 0 Å². The molecule has 0 unspecified atom stereocenters. The van der Waals surface area contributed by atoms with Crippen molar-refractivity contribution in [2.45, 2.75) is 58.4 Å². The molecule has 0 saturated heterocycles. The van der Waals surface area contributed by atoms with Gasteiger partial charge >= 0.3 is 5.97 Å². The lowest BCUT2D eigenvalue weighted by Crippen LogP contribution is -2.10. The van der Waals surface area contributed by atoms with Crippen LogP contribution in [0.2, 0.25) is 0 Å². The van der Waals surface area contributed by atoms with Gasteiger partial charge in [0.15, 0.2) is 0 Å². The van der Waals surface area contributed by atoms with Gasteiger partial charge in [-0.25, -0.2) is 4.39 Å². The normalized spacial score (nSPS) is 11.6. The first kappa shape index (κ1) is 37.7. The average Bonchev–Trinajstić information content (AvgIpc) is 3.04. The SMILES string of the molecule is CC/C(COc1cc(C)c(-c2cccc(CNc3ccc(CCC(=O)O)c(F)c3)c2)c(C)c1)=C(/C)ONC.O=S(=O)(O)c1ccccc1. The van der Waals surface area contributed by atoms with E-state index in [1.807, 2.05) is 19.1 Å². The van der Waals surface area contributed by atoms with Gasteiger partial charge in [-0.05, 0) is 109 Å². The van der Waals surface area contributed by atoms with E-state index in [-0.39, 0.29) is 17.7 Å². The topological polar surface area (TPSA) is 134 Å². The number of nitrogens with one attached hydrogen (secondary N) is 2. The molecule has 4 N–H and O–H groups in total. The van der Waals surface area contributed by atoms with E-state index < -0.39 is 21.9 Å². The van der Waals surface area contributed by atoms with Crippen molar-refractivity contribution in [3.63, 3.8) is 0 Å². The molecule has 0 saturated carbocycles. The quantitative estimate of drug-likeness (QED) is 0.0597. The molecule has 0 bridgehead atoms. The van der Waals surface area contributed by atoms with Crippen LogP contribution in [0.15, 0.2) is 101 Å². The molecular weight excluding hydrogens is 635 g/mol. The first-order valence-corrected chi connectivity index (χ1v) is 16.9. The second kappa shape index (κ2) is 18.0. The summed E-state index contributed by atoms with van der Waals surface area (Å²) in [7, 11) is -2.27. The fourth-order valence-electron chi connectivity index (χ4n) is 5.05. The number of carbonyl (C=O) groups is 1. The molecular formula is C37H43FN2O7S. The number of halogens is 1. The van der Waals surface area contributed by atoms with Crippen LogP contribution in [0, 0.1) is 19.7 Å². The highest BCUT2D eigenvalue weighted by atomic mass is 32.2. The van der Waals surface area contributed by atoms with Gasteiger partial charge in [-0.1, -0.05) is 49.4 Å². The molecule has 0 spiro atoms. The van der Waals surface area contributed by atoms with Gasteiger partial charge in [0.05, 0.1) is 4.90 Å². The standard InChI is InChI=1S/C31H37FN2O4.C6H6O3S/c1-6-24(22(4)38-33-5)19-37-28-14-20(2)31(21(3)15-28)26-9-7-8-23(16-26)18-34-27-12-10-25(29(32)17-27)11-13-30(35)36;7-10(8,9)6-4-2-1-3-5-6/h7-10,12,14-17,33-34H,6,11,13,18-19H2,1-5H3,(H,35,36);1-5H,(H,7,8,9)/b24-22+;. The van der Waals surface area contributed by atoms with E-state index in [4.69, 9.17) is 19.2 Å². The fourth-order valence-corrected chi connectivity index (χ4v) is 5.55. The Bertz CT molecular complexity index is 1800. The summed E-state index contributed by atoms with van der Waals surface area (Å²) >= 11 is 0. The number of ether oxygens (including phenoxy) is 1. The van der Waals surface area contributed by atoms with E-state index in [1.165, 1.54) is 18.2 Å². The number of aryl methyl sites for hydroxylation is 3. The van der Waals surface area contributed by atoms with Gasteiger partial charge in [-0.15, -0.1) is 0 Å². The van der Waals surface area contributed by atoms with Crippen molar-refractivity contribution in [1.82, 2.24) is 5.48 Å². The number of carboxylic acid groups (broad SMARTS) is 1. The number of aliphatic carboxylic acids is 1. The maximum Gasteiger partial charge on any atom is 0.303 e. The Labute approximate surface area is 282 Å². The van der Waals surface area contributed by atoms with E-state index in [2.05, 4.69) is 55.8 Å². The summed E-state index contributed by atoms with van der Waals surface area (Å²) < 4.78 is 49.7. The average molecular weight is 679 g/mol. The van der Waals surface area contributed by atoms with Crippen LogP contribution in [0.1, 0.15) is 48.9 Å². The summed E-state index contributed by atoms with van der Waals surface area (Å²) in [6.45, 7) is 9.16. The second-order valence-electron chi connectivity index (χ2n) is 11.1. The molecule has 0 radical (unpaired) electrons. The highest BCUT2D eigenvalue weighted by Crippen LogP contribution is 2.32. The van der Waals surface area contributed by atoms with Crippen LogP contribution in [0.5, 0.6) is 5.75 Å². The Morgan fingerprint density at radius 3 is 2.19 bits per heavy atom. The largest absolute Gasteiger partial charge is 0.489 e. The molecule has 0 aliphatic carbocycles. The molecule has 256 valence electrons. The van der Waals surface area contributed by atoms with Crippen LogP contribution in [0.4, 0.5) is 10.1 Å². The molecule has 0 atom stereocenters. The molecule has 0 heterocycles. The zero-order chi connectivity index (χ0) is 35.3. The molecule has 11 heteroatoms. The number of carboxylic acids is 1. The Kier molecular flexibility index (Phi) is 14.2. The molecule has 0 fully saturated rings. The van der Waals surface area contributed by atoms with E-state index in [0.717, 1.165) is 51.3 Å². The number of hydrogen-bond donors (Lipinski definition) is 4. The highest BCUT2D eigenvalue weighted by molar-refractivity contribution is 7.85. The molecule has 4 aromatic carbocycles. The summed E-state index contributed by atoms with van der Waals surface area (Å²) in [5.41, 5.74) is 10.4. The molecule has 48 heavy (non-hydrogen) atoms. The molecule has 4 rings (SSSR count). The van der Waals surface area contributed by atoms with Gasteiger partial charge in [0.25, 0.3) is 10.1 Å². The van der Waals surface area contributed by atoms with Crippen LogP contribution in [-0.4, -0.2) is 37.7 Å². The zero-order valence-electron chi connectivity index (χ0n) is 27.8. The minimum atomic E-state index is -4.00. The number of hydrogen-bond acceptors (Lipinski definition) is 7. The first-order chi connectivity index (χ1) is 22.8. The van der Waals surface area contributed by atoms with Crippen molar-refractivity contribution in [2.75, 3.05) is 19.0 Å². The van der Waals surface area contributed by atoms with Crippen molar-refractivity contribution in [3.05, 3.63) is 124 Å². The molecule has 0 aliphatic rings. The molecule has 9 nitrogen and oxygen atoms in total. The zero-order valence-corrected chi connectivity index (χ0v) is 28.7. The van der Waals surface area contributed by atoms with Gasteiger partial charge in [0, 0.05) is 31.3 Å². The summed E-state index contributed by atoms with van der Waals surface area (Å²) in [6.07, 6.45) is 0.920. The molecule has 4 aromatic rings. The van der Waals surface area contributed by atoms with Gasteiger partial charge < -0.3 is 20.0 Å². The number of rotatable bonds is 14.